The highest BCUT2D eigenvalue weighted by atomic mass is 14.1. The lowest BCUT2D eigenvalue weighted by molar-refractivity contribution is 0.584. The lowest BCUT2D eigenvalue weighted by Gasteiger charge is -2.08. The third kappa shape index (κ3) is 14.5. The minimum Gasteiger partial charge on any atom is -0.103 e. The molecule has 0 rings (SSSR count). The van der Waals surface area contributed by atoms with Crippen LogP contribution in [0.4, 0.5) is 0 Å². The van der Waals surface area contributed by atoms with E-state index in [1.165, 1.54) is 77.0 Å². The third-order valence-corrected chi connectivity index (χ3v) is 4.64. The van der Waals surface area contributed by atoms with Crippen LogP contribution in [0.1, 0.15) is 103 Å². The minimum atomic E-state index is 1.05. The fraction of sp³-hybridized carbons (Fsp3) is 0.667. The highest BCUT2D eigenvalue weighted by Gasteiger charge is 2.18. The predicted octanol–water partition coefficient (Wildman–Crippen LogP) is 8.42. The summed E-state index contributed by atoms with van der Waals surface area (Å²) < 4.78 is 0. The van der Waals surface area contributed by atoms with Gasteiger partial charge in [0.1, 0.15) is 6.42 Å². The second kappa shape index (κ2) is 18.3. The number of unbranched alkanes of at least 4 members (excludes halogenated alkanes) is 7. The van der Waals surface area contributed by atoms with Gasteiger partial charge in [0, 0.05) is 0 Å². The van der Waals surface area contributed by atoms with Crippen molar-refractivity contribution in [2.24, 2.45) is 0 Å². The quantitative estimate of drug-likeness (QED) is 0.134. The van der Waals surface area contributed by atoms with Crippen LogP contribution in [-0.4, -0.2) is 0 Å². The van der Waals surface area contributed by atoms with Crippen LogP contribution in [0.25, 0.3) is 0 Å². The van der Waals surface area contributed by atoms with Crippen molar-refractivity contribution >= 4 is 0 Å². The molecule has 0 unspecified atom stereocenters. The molecule has 0 radical (unpaired) electrons. The summed E-state index contributed by atoms with van der Waals surface area (Å²) in [6.45, 7) is 15.8. The monoisotopic (exact) mass is 330 g/mol. The molecule has 0 atom stereocenters. The van der Waals surface area contributed by atoms with Gasteiger partial charge in [0.2, 0.25) is 0 Å². The van der Waals surface area contributed by atoms with Crippen molar-refractivity contribution in [3.05, 3.63) is 51.0 Å². The first-order valence-corrected chi connectivity index (χ1v) is 10.3. The van der Waals surface area contributed by atoms with Gasteiger partial charge in [-0.2, -0.15) is 0 Å². The molecule has 0 aromatic rings. The summed E-state index contributed by atoms with van der Waals surface area (Å²) in [6, 6.07) is 0. The molecule has 0 heterocycles. The van der Waals surface area contributed by atoms with Gasteiger partial charge in [-0.15, -0.1) is 6.58 Å². The first kappa shape index (κ1) is 23.0. The zero-order valence-corrected chi connectivity index (χ0v) is 16.3. The largest absolute Gasteiger partial charge is 0.108 e. The van der Waals surface area contributed by atoms with Gasteiger partial charge in [0.05, 0.1) is 58.8 Å². The first-order chi connectivity index (χ1) is 11.8. The molecule has 0 fully saturated rings. The lowest BCUT2D eigenvalue weighted by atomic mass is 9.90. The van der Waals surface area contributed by atoms with Gasteiger partial charge in [-0.25, -0.2) is 0 Å². The molecule has 0 aliphatic rings. The molecule has 0 N–H and O–H groups in total. The number of hydrogen-bond donors (Lipinski definition) is 0. The number of rotatable bonds is 18. The fourth-order valence-electron chi connectivity index (χ4n) is 3.04. The predicted molar refractivity (Wildman–Crippen MR) is 111 cm³/mol. The molecule has 0 spiro atoms. The average Bonchev–Trinajstić information content (AvgIpc) is 2.60. The smallest absolute Gasteiger partial charge is 0.103 e. The molecule has 0 saturated carbocycles. The van der Waals surface area contributed by atoms with E-state index in [0.29, 0.717) is 0 Å². The van der Waals surface area contributed by atoms with Crippen LogP contribution in [0.3, 0.4) is 0 Å². The van der Waals surface area contributed by atoms with Crippen molar-refractivity contribution in [1.82, 2.24) is 0 Å². The minimum absolute atomic E-state index is 1.05. The molecular formula is C24H42+4. The normalized spacial score (nSPS) is 10.5. The van der Waals surface area contributed by atoms with E-state index in [1.807, 2.05) is 6.08 Å². The zero-order chi connectivity index (χ0) is 17.9. The van der Waals surface area contributed by atoms with E-state index >= 15 is 0 Å². The van der Waals surface area contributed by atoms with Crippen LogP contribution in [0, 0.1) is 26.7 Å². The molecule has 0 aliphatic carbocycles. The van der Waals surface area contributed by atoms with Gasteiger partial charge in [-0.3, -0.25) is 0 Å². The molecule has 0 aromatic heterocycles. The number of hydrogen-bond acceptors (Lipinski definition) is 0. The van der Waals surface area contributed by atoms with Gasteiger partial charge >= 0.3 is 0 Å². The molecule has 0 aliphatic heterocycles. The molecule has 0 amide bonds. The van der Waals surface area contributed by atoms with Crippen molar-refractivity contribution < 1.29 is 0 Å². The molecule has 0 heteroatoms. The number of allylic oxidation sites excluding steroid dienone is 3. The summed E-state index contributed by atoms with van der Waals surface area (Å²) in [7, 11) is 0. The Bertz CT molecular complexity index is 276. The Hall–Kier alpha value is -1.04. The maximum absolute atomic E-state index is 3.99. The summed E-state index contributed by atoms with van der Waals surface area (Å²) >= 11 is 0. The first-order valence-electron chi connectivity index (χ1n) is 10.3. The molecule has 0 bridgehead atoms. The third-order valence-electron chi connectivity index (χ3n) is 4.64. The van der Waals surface area contributed by atoms with Crippen molar-refractivity contribution in [1.29, 1.82) is 0 Å². The van der Waals surface area contributed by atoms with Crippen LogP contribution < -0.4 is 0 Å². The van der Waals surface area contributed by atoms with Crippen LogP contribution in [0.5, 0.6) is 0 Å². The second-order valence-corrected chi connectivity index (χ2v) is 6.93. The fourth-order valence-corrected chi connectivity index (χ4v) is 3.04. The van der Waals surface area contributed by atoms with E-state index in [1.54, 1.807) is 11.5 Å². The van der Waals surface area contributed by atoms with E-state index in [-0.39, 0.29) is 0 Å². The van der Waals surface area contributed by atoms with Crippen LogP contribution in [0.15, 0.2) is 24.3 Å². The maximum atomic E-state index is 3.99. The van der Waals surface area contributed by atoms with Crippen molar-refractivity contribution in [2.75, 3.05) is 0 Å². The van der Waals surface area contributed by atoms with Crippen LogP contribution in [-0.2, 0) is 0 Å². The zero-order valence-electron chi connectivity index (χ0n) is 16.3. The summed E-state index contributed by atoms with van der Waals surface area (Å²) in [4.78, 5) is 0. The van der Waals surface area contributed by atoms with Gasteiger partial charge < -0.3 is 0 Å². The standard InChI is InChI=1S/C24H42/c1-5-9-13-14-16-20-24(19-15-10-6-2)22-21-23(17-11-7-3)18-12-8-4/h5,21H,1-4,6-20,22H2/q+4. The van der Waals surface area contributed by atoms with Crippen molar-refractivity contribution in [3.63, 3.8) is 0 Å². The molecule has 0 nitrogen and oxygen atoms in total. The Labute approximate surface area is 154 Å². The summed E-state index contributed by atoms with van der Waals surface area (Å²) in [5.41, 5.74) is 1.64. The van der Waals surface area contributed by atoms with Crippen molar-refractivity contribution in [2.45, 2.75) is 103 Å². The Morgan fingerprint density at radius 3 is 1.88 bits per heavy atom. The van der Waals surface area contributed by atoms with Crippen LogP contribution >= 0.6 is 0 Å². The molecule has 24 heavy (non-hydrogen) atoms. The molecule has 134 valence electrons. The molecular weight excluding hydrogens is 288 g/mol. The highest BCUT2D eigenvalue weighted by molar-refractivity contribution is 5.08. The lowest BCUT2D eigenvalue weighted by Crippen LogP contribution is -1.98. The SMILES string of the molecule is C=CCCCCC[C+](CC=C(CCC[CH2+])CCC[CH2+])CCCC[CH2+]. The summed E-state index contributed by atoms with van der Waals surface area (Å²) in [5, 5.41) is 0. The van der Waals surface area contributed by atoms with Gasteiger partial charge in [0.15, 0.2) is 0 Å². The van der Waals surface area contributed by atoms with Crippen molar-refractivity contribution in [3.8, 4) is 0 Å². The highest BCUT2D eigenvalue weighted by Crippen LogP contribution is 2.26. The topological polar surface area (TPSA) is 0 Å². The summed E-state index contributed by atoms with van der Waals surface area (Å²) in [5.74, 6) is 1.75. The van der Waals surface area contributed by atoms with E-state index in [2.05, 4.69) is 33.4 Å². The Balaban J connectivity index is 4.37. The van der Waals surface area contributed by atoms with E-state index < -0.39 is 0 Å². The Morgan fingerprint density at radius 2 is 1.33 bits per heavy atom. The van der Waals surface area contributed by atoms with Gasteiger partial charge in [-0.05, 0) is 70.3 Å². The second-order valence-electron chi connectivity index (χ2n) is 6.93. The maximum Gasteiger partial charge on any atom is 0.108 e. The van der Waals surface area contributed by atoms with Gasteiger partial charge in [0.25, 0.3) is 0 Å². The van der Waals surface area contributed by atoms with Gasteiger partial charge in [-0.1, -0.05) is 11.6 Å². The van der Waals surface area contributed by atoms with E-state index in [0.717, 1.165) is 25.7 Å². The Morgan fingerprint density at radius 1 is 0.750 bits per heavy atom. The van der Waals surface area contributed by atoms with E-state index in [4.69, 9.17) is 0 Å². The summed E-state index contributed by atoms with van der Waals surface area (Å²) in [6.07, 6.45) is 24.2. The van der Waals surface area contributed by atoms with E-state index in [9.17, 15) is 0 Å². The van der Waals surface area contributed by atoms with Crippen LogP contribution in [0.2, 0.25) is 0 Å². The molecule has 0 saturated heterocycles. The average molecular weight is 331 g/mol. The Kier molecular flexibility index (Phi) is 17.5. The molecule has 0 aromatic carbocycles.